The number of anilines is 2. The Morgan fingerprint density at radius 2 is 1.59 bits per heavy atom. The van der Waals surface area contributed by atoms with Gasteiger partial charge in [-0.25, -0.2) is 9.97 Å². The molecule has 2 saturated heterocycles. The van der Waals surface area contributed by atoms with Gasteiger partial charge in [0.25, 0.3) is 0 Å². The first-order valence-electron chi connectivity index (χ1n) is 13.6. The lowest BCUT2D eigenvalue weighted by atomic mass is 9.92. The minimum atomic E-state index is -4.72. The van der Waals surface area contributed by atoms with Crippen LogP contribution >= 0.6 is 0 Å². The number of ketones is 1. The highest BCUT2D eigenvalue weighted by Crippen LogP contribution is 2.35. The molecule has 0 amide bonds. The molecular formula is C28H34F6N4O. The van der Waals surface area contributed by atoms with Crippen LogP contribution in [0.15, 0.2) is 30.3 Å². The van der Waals surface area contributed by atoms with Gasteiger partial charge in [-0.2, -0.15) is 26.3 Å². The van der Waals surface area contributed by atoms with Crippen molar-refractivity contribution >= 4 is 17.4 Å². The van der Waals surface area contributed by atoms with E-state index in [9.17, 15) is 31.1 Å². The van der Waals surface area contributed by atoms with Crippen LogP contribution < -0.4 is 9.80 Å². The number of Topliss-reactive ketones (excluding diaryl/α,β-unsaturated/α-hetero) is 1. The number of carbonyl (C=O) groups is 1. The van der Waals surface area contributed by atoms with Crippen LogP contribution in [0.5, 0.6) is 0 Å². The molecule has 1 aromatic carbocycles. The fraction of sp³-hybridized carbons (Fsp3) is 0.607. The molecule has 1 aromatic heterocycles. The fourth-order valence-corrected chi connectivity index (χ4v) is 5.59. The molecular weight excluding hydrogens is 522 g/mol. The third kappa shape index (κ3) is 7.42. The lowest BCUT2D eigenvalue weighted by Gasteiger charge is -2.34. The summed E-state index contributed by atoms with van der Waals surface area (Å²) in [6.45, 7) is 3.80. The normalized spacial score (nSPS) is 19.1. The van der Waals surface area contributed by atoms with E-state index in [0.29, 0.717) is 56.8 Å². The number of carbonyl (C=O) groups excluding carboxylic acids is 1. The molecule has 5 nitrogen and oxygen atoms in total. The SMILES string of the molecule is CCCC1CCN(c2cc(N3CCC[C@H]3C(=O)CCCc3ccc(C(F)(F)F)cc3)nc(C(F)(F)F)n2)CC1. The molecule has 0 bridgehead atoms. The van der Waals surface area contributed by atoms with E-state index in [2.05, 4.69) is 16.9 Å². The molecule has 39 heavy (non-hydrogen) atoms. The molecule has 4 rings (SSSR count). The Hall–Kier alpha value is -2.85. The molecule has 214 valence electrons. The van der Waals surface area contributed by atoms with Gasteiger partial charge >= 0.3 is 12.4 Å². The number of benzene rings is 1. The van der Waals surface area contributed by atoms with Crippen molar-refractivity contribution < 1.29 is 31.1 Å². The van der Waals surface area contributed by atoms with Gasteiger partial charge < -0.3 is 9.80 Å². The van der Waals surface area contributed by atoms with Gasteiger partial charge in [0.2, 0.25) is 5.82 Å². The first-order valence-corrected chi connectivity index (χ1v) is 13.6. The Balaban J connectivity index is 1.44. The Morgan fingerprint density at radius 3 is 2.21 bits per heavy atom. The maximum Gasteiger partial charge on any atom is 0.451 e. The van der Waals surface area contributed by atoms with Gasteiger partial charge in [0.1, 0.15) is 11.6 Å². The Morgan fingerprint density at radius 1 is 0.923 bits per heavy atom. The fourth-order valence-electron chi connectivity index (χ4n) is 5.59. The average Bonchev–Trinajstić information content (AvgIpc) is 3.39. The lowest BCUT2D eigenvalue weighted by Crippen LogP contribution is -2.38. The second-order valence-corrected chi connectivity index (χ2v) is 10.5. The van der Waals surface area contributed by atoms with Crippen LogP contribution in [0.1, 0.15) is 75.2 Å². The second-order valence-electron chi connectivity index (χ2n) is 10.5. The highest BCUT2D eigenvalue weighted by molar-refractivity contribution is 5.87. The molecule has 0 N–H and O–H groups in total. The Kier molecular flexibility index (Phi) is 9.06. The van der Waals surface area contributed by atoms with E-state index in [1.807, 2.05) is 4.90 Å². The molecule has 0 spiro atoms. The Bertz CT molecular complexity index is 1110. The number of nitrogens with zero attached hydrogens (tertiary/aromatic N) is 4. The van der Waals surface area contributed by atoms with Crippen LogP contribution in [0, 0.1) is 5.92 Å². The average molecular weight is 557 g/mol. The quantitative estimate of drug-likeness (QED) is 0.309. The summed E-state index contributed by atoms with van der Waals surface area (Å²) in [6.07, 6.45) is -2.92. The zero-order valence-electron chi connectivity index (χ0n) is 22.0. The molecule has 3 heterocycles. The largest absolute Gasteiger partial charge is 0.451 e. The second kappa shape index (κ2) is 12.1. The summed E-state index contributed by atoms with van der Waals surface area (Å²) in [4.78, 5) is 24.3. The van der Waals surface area contributed by atoms with E-state index in [-0.39, 0.29) is 23.8 Å². The third-order valence-corrected chi connectivity index (χ3v) is 7.68. The monoisotopic (exact) mass is 556 g/mol. The van der Waals surface area contributed by atoms with Gasteiger partial charge in [-0.3, -0.25) is 4.79 Å². The van der Waals surface area contributed by atoms with Crippen LogP contribution in [0.3, 0.4) is 0 Å². The predicted octanol–water partition coefficient (Wildman–Crippen LogP) is 7.09. The maximum absolute atomic E-state index is 13.7. The van der Waals surface area contributed by atoms with Crippen molar-refractivity contribution in [2.24, 2.45) is 5.92 Å². The number of rotatable bonds is 9. The standard InChI is InChI=1S/C28H34F6N4O/c1-2-5-19-13-16-37(17-14-19)24-18-25(36-26(35-24)28(32,33)34)38-15-4-7-22(38)23(39)8-3-6-20-9-11-21(12-10-20)27(29,30)31/h9-12,18-19,22H,2-8,13-17H2,1H3/t22-/m0/s1. The summed E-state index contributed by atoms with van der Waals surface area (Å²) < 4.78 is 79.5. The van der Waals surface area contributed by atoms with Crippen molar-refractivity contribution in [2.75, 3.05) is 29.4 Å². The van der Waals surface area contributed by atoms with Gasteiger partial charge in [0.15, 0.2) is 5.78 Å². The van der Waals surface area contributed by atoms with Crippen LogP contribution in [-0.2, 0) is 23.6 Å². The number of hydrogen-bond acceptors (Lipinski definition) is 5. The smallest absolute Gasteiger partial charge is 0.356 e. The molecule has 0 radical (unpaired) electrons. The molecule has 11 heteroatoms. The Labute approximate surface area is 224 Å². The van der Waals surface area contributed by atoms with Crippen molar-refractivity contribution in [3.05, 3.63) is 47.3 Å². The van der Waals surface area contributed by atoms with Crippen molar-refractivity contribution in [2.45, 2.75) is 83.1 Å². The van der Waals surface area contributed by atoms with E-state index in [1.165, 1.54) is 12.1 Å². The van der Waals surface area contributed by atoms with Crippen molar-refractivity contribution in [3.8, 4) is 0 Å². The number of alkyl halides is 6. The van der Waals surface area contributed by atoms with Gasteiger partial charge in [-0.05, 0) is 62.1 Å². The number of halogens is 6. The minimum absolute atomic E-state index is 0.103. The highest BCUT2D eigenvalue weighted by atomic mass is 19.4. The van der Waals surface area contributed by atoms with Crippen LogP contribution in [0.25, 0.3) is 0 Å². The molecule has 2 fully saturated rings. The molecule has 0 unspecified atom stereocenters. The molecule has 2 aliphatic heterocycles. The van der Waals surface area contributed by atoms with Crippen LogP contribution in [-0.4, -0.2) is 41.4 Å². The molecule has 0 saturated carbocycles. The van der Waals surface area contributed by atoms with Crippen LogP contribution in [0.4, 0.5) is 38.0 Å². The third-order valence-electron chi connectivity index (χ3n) is 7.68. The van der Waals surface area contributed by atoms with Gasteiger partial charge in [-0.1, -0.05) is 31.9 Å². The summed E-state index contributed by atoms with van der Waals surface area (Å²) >= 11 is 0. The first kappa shape index (κ1) is 29.1. The van der Waals surface area contributed by atoms with E-state index in [4.69, 9.17) is 0 Å². The molecule has 1 atom stereocenters. The van der Waals surface area contributed by atoms with Crippen molar-refractivity contribution in [3.63, 3.8) is 0 Å². The predicted molar refractivity (Wildman–Crippen MR) is 137 cm³/mol. The lowest BCUT2D eigenvalue weighted by molar-refractivity contribution is -0.144. The van der Waals surface area contributed by atoms with Gasteiger partial charge in [-0.15, -0.1) is 0 Å². The number of aromatic nitrogens is 2. The van der Waals surface area contributed by atoms with E-state index >= 15 is 0 Å². The zero-order valence-corrected chi connectivity index (χ0v) is 22.0. The van der Waals surface area contributed by atoms with E-state index in [0.717, 1.165) is 37.8 Å². The van der Waals surface area contributed by atoms with Gasteiger partial charge in [0.05, 0.1) is 11.6 Å². The van der Waals surface area contributed by atoms with E-state index < -0.39 is 29.8 Å². The van der Waals surface area contributed by atoms with Gasteiger partial charge in [0, 0.05) is 32.1 Å². The minimum Gasteiger partial charge on any atom is -0.356 e. The summed E-state index contributed by atoms with van der Waals surface area (Å²) in [7, 11) is 0. The van der Waals surface area contributed by atoms with E-state index in [1.54, 1.807) is 11.0 Å². The highest BCUT2D eigenvalue weighted by Gasteiger charge is 2.38. The number of piperidine rings is 1. The summed E-state index contributed by atoms with van der Waals surface area (Å²) in [5.41, 5.74) is -0.0336. The first-order chi connectivity index (χ1) is 18.5. The number of hydrogen-bond donors (Lipinski definition) is 0. The summed E-state index contributed by atoms with van der Waals surface area (Å²) in [5, 5.41) is 0. The molecule has 2 aliphatic rings. The van der Waals surface area contributed by atoms with Crippen LogP contribution in [0.2, 0.25) is 0 Å². The number of aryl methyl sites for hydroxylation is 1. The summed E-state index contributed by atoms with van der Waals surface area (Å²) in [5.74, 6) is -0.387. The van der Waals surface area contributed by atoms with Crippen molar-refractivity contribution in [1.82, 2.24) is 9.97 Å². The molecule has 0 aliphatic carbocycles. The van der Waals surface area contributed by atoms with Crippen molar-refractivity contribution in [1.29, 1.82) is 0 Å². The maximum atomic E-state index is 13.7. The topological polar surface area (TPSA) is 49.3 Å². The zero-order chi connectivity index (χ0) is 28.2. The summed E-state index contributed by atoms with van der Waals surface area (Å²) in [6, 6.07) is 5.84. The molecule has 2 aromatic rings.